The van der Waals surface area contributed by atoms with Crippen LogP contribution in [0.25, 0.3) is 0 Å². The quantitative estimate of drug-likeness (QED) is 0.707. The molecule has 0 saturated heterocycles. The average Bonchev–Trinajstić information content (AvgIpc) is 2.07. The molecule has 2 N–H and O–H groups in total. The van der Waals surface area contributed by atoms with Gasteiger partial charge in [-0.05, 0) is 31.4 Å². The summed E-state index contributed by atoms with van der Waals surface area (Å²) in [4.78, 5) is 1.42. The van der Waals surface area contributed by atoms with Crippen molar-refractivity contribution in [1.29, 1.82) is 0 Å². The summed E-state index contributed by atoms with van der Waals surface area (Å²) in [7, 11) is 0. The second-order valence-electron chi connectivity index (χ2n) is 4.27. The van der Waals surface area contributed by atoms with Gasteiger partial charge < -0.3 is 5.73 Å². The van der Waals surface area contributed by atoms with E-state index < -0.39 is 0 Å². The molecule has 1 nitrogen and oxygen atoms in total. The molecule has 2 rings (SSSR count). The van der Waals surface area contributed by atoms with E-state index in [2.05, 4.69) is 32.9 Å². The lowest BCUT2D eigenvalue weighted by atomic mass is 9.98. The smallest absolute Gasteiger partial charge is 0.0316 e. The predicted octanol–water partition coefficient (Wildman–Crippen LogP) is 3.19. The van der Waals surface area contributed by atoms with E-state index in [1.807, 2.05) is 11.8 Å². The first-order chi connectivity index (χ1) is 6.58. The third-order valence-electron chi connectivity index (χ3n) is 2.75. The number of nitrogens with two attached hydrogens (primary N) is 1. The number of aryl methyl sites for hydroxylation is 2. The summed E-state index contributed by atoms with van der Waals surface area (Å²) in [5, 5.41) is 0.652. The number of thioether (sulfide) groups is 1. The molecule has 1 aliphatic heterocycles. The highest BCUT2D eigenvalue weighted by Crippen LogP contribution is 2.41. The Bertz CT molecular complexity index is 360. The minimum atomic E-state index is 0.236. The average molecular weight is 207 g/mol. The maximum absolute atomic E-state index is 6.16. The summed E-state index contributed by atoms with van der Waals surface area (Å²) in [5.41, 5.74) is 10.2. The van der Waals surface area contributed by atoms with Gasteiger partial charge in [-0.25, -0.2) is 0 Å². The van der Waals surface area contributed by atoms with Gasteiger partial charge in [0.2, 0.25) is 0 Å². The SMILES string of the molecule is Cc1cc(C)c2c(c1)C(N)CC(C)S2. The van der Waals surface area contributed by atoms with Crippen LogP contribution in [-0.2, 0) is 0 Å². The van der Waals surface area contributed by atoms with Crippen molar-refractivity contribution < 1.29 is 0 Å². The Kier molecular flexibility index (Phi) is 2.58. The molecule has 2 atom stereocenters. The van der Waals surface area contributed by atoms with Crippen LogP contribution in [0.5, 0.6) is 0 Å². The maximum atomic E-state index is 6.16. The largest absolute Gasteiger partial charge is 0.324 e. The van der Waals surface area contributed by atoms with E-state index in [0.29, 0.717) is 5.25 Å². The Morgan fingerprint density at radius 3 is 2.79 bits per heavy atom. The van der Waals surface area contributed by atoms with E-state index >= 15 is 0 Å². The first-order valence-corrected chi connectivity index (χ1v) is 5.99. The van der Waals surface area contributed by atoms with E-state index in [-0.39, 0.29) is 6.04 Å². The van der Waals surface area contributed by atoms with Crippen molar-refractivity contribution in [3.05, 3.63) is 28.8 Å². The molecular weight excluding hydrogens is 190 g/mol. The van der Waals surface area contributed by atoms with Gasteiger partial charge >= 0.3 is 0 Å². The van der Waals surface area contributed by atoms with Gasteiger partial charge in [-0.1, -0.05) is 24.6 Å². The Balaban J connectivity index is 2.53. The summed E-state index contributed by atoms with van der Waals surface area (Å²) in [6.45, 7) is 6.58. The monoisotopic (exact) mass is 207 g/mol. The molecule has 1 aromatic rings. The van der Waals surface area contributed by atoms with E-state index in [4.69, 9.17) is 5.73 Å². The molecule has 1 aliphatic rings. The first kappa shape index (κ1) is 10.1. The van der Waals surface area contributed by atoms with Gasteiger partial charge in [0.1, 0.15) is 0 Å². The third kappa shape index (κ3) is 1.69. The third-order valence-corrected chi connectivity index (χ3v) is 4.14. The Hall–Kier alpha value is -0.470. The molecule has 0 aromatic heterocycles. The first-order valence-electron chi connectivity index (χ1n) is 5.11. The van der Waals surface area contributed by atoms with Crippen molar-refractivity contribution in [1.82, 2.24) is 0 Å². The van der Waals surface area contributed by atoms with Gasteiger partial charge in [-0.15, -0.1) is 11.8 Å². The minimum absolute atomic E-state index is 0.236. The number of rotatable bonds is 0. The van der Waals surface area contributed by atoms with E-state index in [0.717, 1.165) is 6.42 Å². The summed E-state index contributed by atoms with van der Waals surface area (Å²) in [6.07, 6.45) is 1.10. The molecule has 14 heavy (non-hydrogen) atoms. The van der Waals surface area contributed by atoms with Crippen LogP contribution >= 0.6 is 11.8 Å². The van der Waals surface area contributed by atoms with Crippen molar-refractivity contribution in [3.63, 3.8) is 0 Å². The molecule has 0 saturated carbocycles. The molecule has 0 bridgehead atoms. The number of benzene rings is 1. The number of hydrogen-bond acceptors (Lipinski definition) is 2. The Morgan fingerprint density at radius 2 is 2.07 bits per heavy atom. The van der Waals surface area contributed by atoms with Crippen LogP contribution in [0.15, 0.2) is 17.0 Å². The molecule has 76 valence electrons. The fourth-order valence-electron chi connectivity index (χ4n) is 2.16. The van der Waals surface area contributed by atoms with Crippen LogP contribution in [-0.4, -0.2) is 5.25 Å². The molecule has 1 heterocycles. The van der Waals surface area contributed by atoms with Crippen LogP contribution in [0.3, 0.4) is 0 Å². The van der Waals surface area contributed by atoms with Crippen molar-refractivity contribution in [2.24, 2.45) is 5.73 Å². The van der Waals surface area contributed by atoms with Crippen LogP contribution in [0.4, 0.5) is 0 Å². The Morgan fingerprint density at radius 1 is 1.36 bits per heavy atom. The maximum Gasteiger partial charge on any atom is 0.0316 e. The molecule has 0 fully saturated rings. The van der Waals surface area contributed by atoms with Gasteiger partial charge in [-0.3, -0.25) is 0 Å². The standard InChI is InChI=1S/C12H17NS/c1-7-4-8(2)12-10(5-7)11(13)6-9(3)14-12/h4-5,9,11H,6,13H2,1-3H3. The van der Waals surface area contributed by atoms with Crippen LogP contribution in [0.1, 0.15) is 36.1 Å². The minimum Gasteiger partial charge on any atom is -0.324 e. The van der Waals surface area contributed by atoms with Gasteiger partial charge in [0.25, 0.3) is 0 Å². The van der Waals surface area contributed by atoms with Crippen molar-refractivity contribution in [3.8, 4) is 0 Å². The van der Waals surface area contributed by atoms with Gasteiger partial charge in [-0.2, -0.15) is 0 Å². The summed E-state index contributed by atoms with van der Waals surface area (Å²) in [6, 6.07) is 4.72. The molecule has 0 spiro atoms. The molecule has 1 aromatic carbocycles. The zero-order valence-electron chi connectivity index (χ0n) is 9.00. The highest BCUT2D eigenvalue weighted by atomic mass is 32.2. The molecule has 0 amide bonds. The molecular formula is C12H17NS. The number of fused-ring (bicyclic) bond motifs is 1. The summed E-state index contributed by atoms with van der Waals surface area (Å²) >= 11 is 1.97. The van der Waals surface area contributed by atoms with Crippen LogP contribution in [0, 0.1) is 13.8 Å². The summed E-state index contributed by atoms with van der Waals surface area (Å²) in [5.74, 6) is 0. The molecule has 2 unspecified atom stereocenters. The van der Waals surface area contributed by atoms with Crippen molar-refractivity contribution in [2.75, 3.05) is 0 Å². The molecule has 0 aliphatic carbocycles. The highest BCUT2D eigenvalue weighted by Gasteiger charge is 2.23. The number of hydrogen-bond donors (Lipinski definition) is 1. The topological polar surface area (TPSA) is 26.0 Å². The normalized spacial score (nSPS) is 26.0. The van der Waals surface area contributed by atoms with Crippen molar-refractivity contribution >= 4 is 11.8 Å². The van der Waals surface area contributed by atoms with E-state index in [1.54, 1.807) is 0 Å². The molecule has 0 radical (unpaired) electrons. The van der Waals surface area contributed by atoms with Gasteiger partial charge in [0.15, 0.2) is 0 Å². The van der Waals surface area contributed by atoms with Gasteiger partial charge in [0.05, 0.1) is 0 Å². The lowest BCUT2D eigenvalue weighted by Crippen LogP contribution is -2.21. The summed E-state index contributed by atoms with van der Waals surface area (Å²) < 4.78 is 0. The highest BCUT2D eigenvalue weighted by molar-refractivity contribution is 8.00. The fourth-order valence-corrected chi connectivity index (χ4v) is 3.45. The predicted molar refractivity (Wildman–Crippen MR) is 62.8 cm³/mol. The lowest BCUT2D eigenvalue weighted by molar-refractivity contribution is 0.622. The van der Waals surface area contributed by atoms with Crippen molar-refractivity contribution in [2.45, 2.75) is 43.4 Å². The lowest BCUT2D eigenvalue weighted by Gasteiger charge is -2.28. The second kappa shape index (κ2) is 3.59. The van der Waals surface area contributed by atoms with E-state index in [1.165, 1.54) is 21.6 Å². The Labute approximate surface area is 90.1 Å². The second-order valence-corrected chi connectivity index (χ2v) is 5.72. The zero-order chi connectivity index (χ0) is 10.3. The van der Waals surface area contributed by atoms with Gasteiger partial charge in [0, 0.05) is 16.2 Å². The van der Waals surface area contributed by atoms with Crippen LogP contribution in [0.2, 0.25) is 0 Å². The molecule has 2 heteroatoms. The van der Waals surface area contributed by atoms with Crippen LogP contribution < -0.4 is 5.73 Å². The van der Waals surface area contributed by atoms with E-state index in [9.17, 15) is 0 Å². The zero-order valence-corrected chi connectivity index (χ0v) is 9.82. The fraction of sp³-hybridized carbons (Fsp3) is 0.500.